The molecule has 0 fully saturated rings. The van der Waals surface area contributed by atoms with Gasteiger partial charge in [0, 0.05) is 6.42 Å². The molecule has 3 unspecified atom stereocenters. The molecule has 0 radical (unpaired) electrons. The number of aliphatic hydroxyl groups is 2. The van der Waals surface area contributed by atoms with E-state index in [0.717, 1.165) is 96.3 Å². The molecule has 3 atom stereocenters. The first-order valence-electron chi connectivity index (χ1n) is 25.4. The monoisotopic (exact) mass is 828 g/mol. The van der Waals surface area contributed by atoms with Crippen molar-refractivity contribution >= 4 is 11.9 Å². The molecule has 3 N–H and O–H groups in total. The molecule has 0 saturated carbocycles. The van der Waals surface area contributed by atoms with Crippen LogP contribution in [-0.2, 0) is 14.3 Å². The molecule has 0 aliphatic rings. The van der Waals surface area contributed by atoms with Crippen molar-refractivity contribution in [3.05, 3.63) is 48.6 Å². The summed E-state index contributed by atoms with van der Waals surface area (Å²) in [6.07, 6.45) is 55.9. The van der Waals surface area contributed by atoms with Gasteiger partial charge in [-0.3, -0.25) is 9.59 Å². The van der Waals surface area contributed by atoms with Gasteiger partial charge in [0.2, 0.25) is 5.91 Å². The molecule has 344 valence electrons. The summed E-state index contributed by atoms with van der Waals surface area (Å²) < 4.78 is 5.91. The molecule has 0 heterocycles. The quantitative estimate of drug-likeness (QED) is 0.0323. The van der Waals surface area contributed by atoms with Crippen molar-refractivity contribution in [2.75, 3.05) is 6.61 Å². The molecule has 6 nitrogen and oxygen atoms in total. The van der Waals surface area contributed by atoms with E-state index >= 15 is 0 Å². The second kappa shape index (κ2) is 46.9. The normalized spacial score (nSPS) is 13.6. The van der Waals surface area contributed by atoms with Gasteiger partial charge in [0.15, 0.2) is 0 Å². The first-order chi connectivity index (χ1) is 29.0. The fourth-order valence-electron chi connectivity index (χ4n) is 7.56. The molecule has 0 aromatic rings. The van der Waals surface area contributed by atoms with Crippen LogP contribution in [-0.4, -0.2) is 46.9 Å². The predicted octanol–water partition coefficient (Wildman–Crippen LogP) is 15.1. The molecule has 0 spiro atoms. The van der Waals surface area contributed by atoms with Gasteiger partial charge >= 0.3 is 5.97 Å². The van der Waals surface area contributed by atoms with Crippen molar-refractivity contribution in [3.63, 3.8) is 0 Å². The van der Waals surface area contributed by atoms with E-state index in [-0.39, 0.29) is 24.9 Å². The number of hydrogen-bond acceptors (Lipinski definition) is 5. The number of carbonyl (C=O) groups excluding carboxylic acids is 2. The van der Waals surface area contributed by atoms with E-state index in [2.05, 4.69) is 74.7 Å². The molecule has 0 bridgehead atoms. The summed E-state index contributed by atoms with van der Waals surface area (Å²) in [6, 6.07) is -0.708. The fraction of sp³-hybridized carbons (Fsp3) is 0.811. The van der Waals surface area contributed by atoms with Crippen LogP contribution in [0.1, 0.15) is 252 Å². The minimum atomic E-state index is -0.793. The first-order valence-corrected chi connectivity index (χ1v) is 25.4. The SMILES string of the molecule is CC/C=C/C/C=C/C/C=C/CCCCCCC(=O)OC(CCCCCCC/C=C\CCCCCC)CC(=O)NC(CO)C(O)CCCCCCCCCCCCCCC. The number of aliphatic hydroxyl groups excluding tert-OH is 2. The fourth-order valence-corrected chi connectivity index (χ4v) is 7.56. The molecule has 0 aromatic heterocycles. The molecule has 0 saturated heterocycles. The summed E-state index contributed by atoms with van der Waals surface area (Å²) >= 11 is 0. The lowest BCUT2D eigenvalue weighted by Crippen LogP contribution is -2.46. The minimum absolute atomic E-state index is 0.0632. The third kappa shape index (κ3) is 42.3. The van der Waals surface area contributed by atoms with Gasteiger partial charge in [-0.2, -0.15) is 0 Å². The van der Waals surface area contributed by atoms with E-state index < -0.39 is 18.2 Å². The molecule has 1 amide bonds. The van der Waals surface area contributed by atoms with E-state index in [0.29, 0.717) is 19.3 Å². The zero-order chi connectivity index (χ0) is 43.1. The van der Waals surface area contributed by atoms with Gasteiger partial charge in [0.1, 0.15) is 6.10 Å². The Labute approximate surface area is 366 Å². The predicted molar refractivity (Wildman–Crippen MR) is 255 cm³/mol. The average molecular weight is 828 g/mol. The zero-order valence-corrected chi connectivity index (χ0v) is 39.1. The van der Waals surface area contributed by atoms with Crippen LogP contribution in [0.2, 0.25) is 0 Å². The number of unbranched alkanes of at least 4 members (excludes halogenated alkanes) is 25. The van der Waals surface area contributed by atoms with Gasteiger partial charge in [-0.05, 0) is 83.5 Å². The first kappa shape index (κ1) is 56.8. The molecule has 59 heavy (non-hydrogen) atoms. The third-order valence-corrected chi connectivity index (χ3v) is 11.4. The number of hydrogen-bond donors (Lipinski definition) is 3. The molecular formula is C53H97NO5. The summed E-state index contributed by atoms with van der Waals surface area (Å²) in [4.78, 5) is 26.1. The number of ether oxygens (including phenoxy) is 1. The van der Waals surface area contributed by atoms with Crippen LogP contribution in [0.3, 0.4) is 0 Å². The van der Waals surface area contributed by atoms with Crippen LogP contribution in [0.4, 0.5) is 0 Å². The highest BCUT2D eigenvalue weighted by molar-refractivity contribution is 5.77. The van der Waals surface area contributed by atoms with Crippen LogP contribution in [0.5, 0.6) is 0 Å². The Morgan fingerprint density at radius 3 is 1.42 bits per heavy atom. The minimum Gasteiger partial charge on any atom is -0.462 e. The van der Waals surface area contributed by atoms with Crippen LogP contribution >= 0.6 is 0 Å². The van der Waals surface area contributed by atoms with E-state index in [1.54, 1.807) is 0 Å². The number of nitrogens with one attached hydrogen (secondary N) is 1. The largest absolute Gasteiger partial charge is 0.462 e. The standard InChI is InChI=1S/C53H97NO5/c1-4-7-10-13-16-19-22-25-28-31-34-37-40-43-46-53(58)59-49(44-41-38-35-32-29-26-23-20-17-14-11-8-5-2)47-52(57)54-50(48-55)51(56)45-42-39-36-33-30-27-24-21-18-15-12-9-6-3/h7,10,16,19-20,23,25,28,49-51,55-56H,4-6,8-9,11-15,17-18,21-22,24,26-27,29-48H2,1-3H3,(H,54,57)/b10-7+,19-16+,23-20-,28-25+. The smallest absolute Gasteiger partial charge is 0.306 e. The summed E-state index contributed by atoms with van der Waals surface area (Å²) in [5, 5.41) is 23.7. The Bertz CT molecular complexity index is 1020. The van der Waals surface area contributed by atoms with Gasteiger partial charge < -0.3 is 20.3 Å². The average Bonchev–Trinajstić information content (AvgIpc) is 3.23. The molecule has 0 aliphatic carbocycles. The van der Waals surface area contributed by atoms with Crippen LogP contribution < -0.4 is 5.32 Å². The van der Waals surface area contributed by atoms with Crippen molar-refractivity contribution in [1.29, 1.82) is 0 Å². The van der Waals surface area contributed by atoms with E-state index in [4.69, 9.17) is 4.74 Å². The highest BCUT2D eigenvalue weighted by Crippen LogP contribution is 2.18. The summed E-state index contributed by atoms with van der Waals surface area (Å²) in [5.41, 5.74) is 0. The van der Waals surface area contributed by atoms with Gasteiger partial charge in [0.25, 0.3) is 0 Å². The summed E-state index contributed by atoms with van der Waals surface area (Å²) in [7, 11) is 0. The second-order valence-electron chi connectivity index (χ2n) is 17.2. The topological polar surface area (TPSA) is 95.9 Å². The molecule has 0 rings (SSSR count). The maximum Gasteiger partial charge on any atom is 0.306 e. The van der Waals surface area contributed by atoms with Crippen molar-refractivity contribution in [1.82, 2.24) is 5.32 Å². The molecular weight excluding hydrogens is 731 g/mol. The zero-order valence-electron chi connectivity index (χ0n) is 39.1. The van der Waals surface area contributed by atoms with E-state index in [1.165, 1.54) is 109 Å². The Morgan fingerprint density at radius 1 is 0.508 bits per heavy atom. The molecule has 6 heteroatoms. The Hall–Kier alpha value is -2.18. The highest BCUT2D eigenvalue weighted by Gasteiger charge is 2.24. The van der Waals surface area contributed by atoms with Gasteiger partial charge in [-0.1, -0.05) is 204 Å². The maximum absolute atomic E-state index is 13.2. The van der Waals surface area contributed by atoms with Crippen LogP contribution in [0.25, 0.3) is 0 Å². The van der Waals surface area contributed by atoms with Crippen molar-refractivity contribution in [3.8, 4) is 0 Å². The van der Waals surface area contributed by atoms with Gasteiger partial charge in [-0.25, -0.2) is 0 Å². The Kier molecular flexibility index (Phi) is 45.1. The second-order valence-corrected chi connectivity index (χ2v) is 17.2. The van der Waals surface area contributed by atoms with Crippen molar-refractivity contribution < 1.29 is 24.5 Å². The highest BCUT2D eigenvalue weighted by atomic mass is 16.5. The lowest BCUT2D eigenvalue weighted by atomic mass is 10.0. The number of carbonyl (C=O) groups is 2. The lowest BCUT2D eigenvalue weighted by molar-refractivity contribution is -0.151. The third-order valence-electron chi connectivity index (χ3n) is 11.4. The summed E-state index contributed by atoms with van der Waals surface area (Å²) in [5.74, 6) is -0.504. The van der Waals surface area contributed by atoms with Crippen LogP contribution in [0, 0.1) is 0 Å². The van der Waals surface area contributed by atoms with Gasteiger partial charge in [0.05, 0.1) is 25.2 Å². The van der Waals surface area contributed by atoms with Crippen LogP contribution in [0.15, 0.2) is 48.6 Å². The number of rotatable bonds is 45. The number of esters is 1. The Morgan fingerprint density at radius 2 is 0.915 bits per heavy atom. The van der Waals surface area contributed by atoms with E-state index in [1.807, 2.05) is 0 Å². The van der Waals surface area contributed by atoms with Crippen molar-refractivity contribution in [2.45, 2.75) is 270 Å². The number of amides is 1. The molecule has 0 aromatic carbocycles. The number of allylic oxidation sites excluding steroid dienone is 8. The van der Waals surface area contributed by atoms with Crippen molar-refractivity contribution in [2.24, 2.45) is 0 Å². The molecule has 0 aliphatic heterocycles. The Balaban J connectivity index is 4.61. The van der Waals surface area contributed by atoms with E-state index in [9.17, 15) is 19.8 Å². The summed E-state index contributed by atoms with van der Waals surface area (Å²) in [6.45, 7) is 6.35. The lowest BCUT2D eigenvalue weighted by Gasteiger charge is -2.24. The van der Waals surface area contributed by atoms with Gasteiger partial charge in [-0.15, -0.1) is 0 Å². The maximum atomic E-state index is 13.2.